The number of hydrogen-bond acceptors (Lipinski definition) is 6. The molecule has 0 fully saturated rings. The minimum Gasteiger partial charge on any atom is -0.491 e. The summed E-state index contributed by atoms with van der Waals surface area (Å²) in [6, 6.07) is 7.23. The molecule has 0 aliphatic heterocycles. The highest BCUT2D eigenvalue weighted by molar-refractivity contribution is 6.30. The molecule has 0 aliphatic rings. The molecular weight excluding hydrogens is 330 g/mol. The summed E-state index contributed by atoms with van der Waals surface area (Å²) in [5.41, 5.74) is 0. The molecule has 9 heteroatoms. The van der Waals surface area contributed by atoms with Gasteiger partial charge in [0.15, 0.2) is 0 Å². The van der Waals surface area contributed by atoms with E-state index in [1.165, 1.54) is 0 Å². The Bertz CT molecular complexity index is 441. The van der Waals surface area contributed by atoms with Gasteiger partial charge in [-0.1, -0.05) is 11.6 Å². The molecular formula is C14H20ClNO7. The highest BCUT2D eigenvalue weighted by Gasteiger charge is 2.04. The highest BCUT2D eigenvalue weighted by Crippen LogP contribution is 2.15. The molecule has 0 spiro atoms. The maximum Gasteiger partial charge on any atom is 0.414 e. The first-order valence-corrected chi connectivity index (χ1v) is 7.09. The van der Waals surface area contributed by atoms with Gasteiger partial charge in [-0.3, -0.25) is 0 Å². The Hall–Kier alpha value is -1.87. The standard InChI is InChI=1S/C12H18ClNO3.C2H2O4/c13-11-1-3-12(4-2-11)17-10-9-16-8-6-14-5-7-15;3-1(4)2(5)6/h1-4,14-15H,5-10H2;(H,3,4)(H,5,6). The third-order valence-corrected chi connectivity index (χ3v) is 2.46. The second-order valence-corrected chi connectivity index (χ2v) is 4.44. The van der Waals surface area contributed by atoms with Crippen LogP contribution in [0.2, 0.25) is 5.02 Å². The lowest BCUT2D eigenvalue weighted by Crippen LogP contribution is -2.23. The van der Waals surface area contributed by atoms with Crippen molar-refractivity contribution in [3.05, 3.63) is 29.3 Å². The molecule has 0 radical (unpaired) electrons. The van der Waals surface area contributed by atoms with Crippen molar-refractivity contribution in [1.82, 2.24) is 5.32 Å². The SMILES string of the molecule is O=C(O)C(=O)O.OCCNCCOCCOc1ccc(Cl)cc1. The fourth-order valence-corrected chi connectivity index (χ4v) is 1.33. The molecule has 4 N–H and O–H groups in total. The third kappa shape index (κ3) is 13.5. The van der Waals surface area contributed by atoms with E-state index in [0.29, 0.717) is 31.4 Å². The summed E-state index contributed by atoms with van der Waals surface area (Å²) in [7, 11) is 0. The van der Waals surface area contributed by atoms with E-state index in [9.17, 15) is 0 Å². The molecule has 0 bridgehead atoms. The maximum atomic E-state index is 9.10. The van der Waals surface area contributed by atoms with Gasteiger partial charge >= 0.3 is 11.9 Å². The molecule has 0 aromatic heterocycles. The lowest BCUT2D eigenvalue weighted by atomic mass is 10.3. The number of ether oxygens (including phenoxy) is 2. The summed E-state index contributed by atoms with van der Waals surface area (Å²) in [5.74, 6) is -2.86. The fourth-order valence-electron chi connectivity index (χ4n) is 1.20. The fraction of sp³-hybridized carbons (Fsp3) is 0.429. The van der Waals surface area contributed by atoms with Crippen LogP contribution in [-0.4, -0.2) is 66.8 Å². The molecule has 1 rings (SSSR count). The van der Waals surface area contributed by atoms with Crippen LogP contribution >= 0.6 is 11.6 Å². The molecule has 0 saturated carbocycles. The normalized spacial score (nSPS) is 9.65. The van der Waals surface area contributed by atoms with E-state index in [2.05, 4.69) is 5.32 Å². The number of aliphatic carboxylic acids is 2. The Kier molecular flexibility index (Phi) is 12.7. The average Bonchev–Trinajstić information content (AvgIpc) is 2.52. The van der Waals surface area contributed by atoms with E-state index in [4.69, 9.17) is 46.0 Å². The van der Waals surface area contributed by atoms with Crippen LogP contribution in [-0.2, 0) is 14.3 Å². The summed E-state index contributed by atoms with van der Waals surface area (Å²) in [6.07, 6.45) is 0. The Morgan fingerprint density at radius 1 is 1.00 bits per heavy atom. The van der Waals surface area contributed by atoms with Gasteiger partial charge in [-0.25, -0.2) is 9.59 Å². The number of aliphatic hydroxyl groups excluding tert-OH is 1. The van der Waals surface area contributed by atoms with E-state index in [0.717, 1.165) is 12.3 Å². The predicted octanol–water partition coefficient (Wildman–Crippen LogP) is 0.473. The van der Waals surface area contributed by atoms with Gasteiger partial charge in [-0.05, 0) is 24.3 Å². The molecule has 0 amide bonds. The van der Waals surface area contributed by atoms with Crippen LogP contribution < -0.4 is 10.1 Å². The summed E-state index contributed by atoms with van der Waals surface area (Å²) >= 11 is 5.75. The molecule has 1 aromatic carbocycles. The maximum absolute atomic E-state index is 9.10. The number of benzene rings is 1. The van der Waals surface area contributed by atoms with Crippen molar-refractivity contribution in [3.63, 3.8) is 0 Å². The summed E-state index contributed by atoms with van der Waals surface area (Å²) in [4.78, 5) is 18.2. The zero-order valence-electron chi connectivity index (χ0n) is 12.4. The smallest absolute Gasteiger partial charge is 0.414 e. The lowest BCUT2D eigenvalue weighted by Gasteiger charge is -2.07. The van der Waals surface area contributed by atoms with E-state index in [1.54, 1.807) is 12.1 Å². The summed E-state index contributed by atoms with van der Waals surface area (Å²) in [6.45, 7) is 3.17. The van der Waals surface area contributed by atoms with Crippen molar-refractivity contribution >= 4 is 23.5 Å². The van der Waals surface area contributed by atoms with Gasteiger partial charge in [0.1, 0.15) is 12.4 Å². The Labute approximate surface area is 138 Å². The molecule has 1 aromatic rings. The van der Waals surface area contributed by atoms with Crippen LogP contribution in [0.3, 0.4) is 0 Å². The molecule has 0 heterocycles. The van der Waals surface area contributed by atoms with Crippen LogP contribution in [0, 0.1) is 0 Å². The highest BCUT2D eigenvalue weighted by atomic mass is 35.5. The first-order valence-electron chi connectivity index (χ1n) is 6.71. The largest absolute Gasteiger partial charge is 0.491 e. The number of carboxylic acids is 2. The first kappa shape index (κ1) is 21.1. The van der Waals surface area contributed by atoms with Crippen molar-refractivity contribution in [2.45, 2.75) is 0 Å². The number of rotatable bonds is 9. The van der Waals surface area contributed by atoms with Gasteiger partial charge in [0.05, 0.1) is 19.8 Å². The minimum atomic E-state index is -1.82. The molecule has 0 aliphatic carbocycles. The number of aliphatic hydroxyl groups is 1. The zero-order valence-corrected chi connectivity index (χ0v) is 13.2. The summed E-state index contributed by atoms with van der Waals surface area (Å²) < 4.78 is 10.8. The van der Waals surface area contributed by atoms with Crippen LogP contribution in [0.1, 0.15) is 0 Å². The second kappa shape index (κ2) is 13.8. The Morgan fingerprint density at radius 3 is 2.13 bits per heavy atom. The number of hydrogen-bond donors (Lipinski definition) is 4. The first-order chi connectivity index (χ1) is 11.0. The summed E-state index contributed by atoms with van der Waals surface area (Å²) in [5, 5.41) is 27.0. The van der Waals surface area contributed by atoms with Gasteiger partial charge in [-0.15, -0.1) is 0 Å². The number of carbonyl (C=O) groups is 2. The molecule has 0 unspecified atom stereocenters. The van der Waals surface area contributed by atoms with Crippen LogP contribution in [0.5, 0.6) is 5.75 Å². The Balaban J connectivity index is 0.000000688. The zero-order chi connectivity index (χ0) is 17.5. The number of halogens is 1. The van der Waals surface area contributed by atoms with Crippen LogP contribution in [0.4, 0.5) is 0 Å². The van der Waals surface area contributed by atoms with Crippen LogP contribution in [0.25, 0.3) is 0 Å². The van der Waals surface area contributed by atoms with E-state index in [-0.39, 0.29) is 6.61 Å². The average molecular weight is 350 g/mol. The van der Waals surface area contributed by atoms with E-state index < -0.39 is 11.9 Å². The van der Waals surface area contributed by atoms with Crippen molar-refractivity contribution in [2.75, 3.05) is 39.5 Å². The molecule has 0 saturated heterocycles. The third-order valence-electron chi connectivity index (χ3n) is 2.20. The van der Waals surface area contributed by atoms with E-state index in [1.807, 2.05) is 12.1 Å². The van der Waals surface area contributed by atoms with Gasteiger partial charge in [0.2, 0.25) is 0 Å². The van der Waals surface area contributed by atoms with Crippen molar-refractivity contribution < 1.29 is 34.4 Å². The van der Waals surface area contributed by atoms with Crippen LogP contribution in [0.15, 0.2) is 24.3 Å². The molecule has 0 atom stereocenters. The van der Waals surface area contributed by atoms with Crippen molar-refractivity contribution in [2.24, 2.45) is 0 Å². The quantitative estimate of drug-likeness (QED) is 0.374. The molecule has 8 nitrogen and oxygen atoms in total. The molecule has 23 heavy (non-hydrogen) atoms. The minimum absolute atomic E-state index is 0.152. The van der Waals surface area contributed by atoms with Crippen molar-refractivity contribution in [1.29, 1.82) is 0 Å². The van der Waals surface area contributed by atoms with E-state index >= 15 is 0 Å². The van der Waals surface area contributed by atoms with Gasteiger partial charge in [0, 0.05) is 18.1 Å². The van der Waals surface area contributed by atoms with Gasteiger partial charge in [0.25, 0.3) is 0 Å². The van der Waals surface area contributed by atoms with Gasteiger partial charge < -0.3 is 30.1 Å². The van der Waals surface area contributed by atoms with Crippen molar-refractivity contribution in [3.8, 4) is 5.75 Å². The predicted molar refractivity (Wildman–Crippen MR) is 83.0 cm³/mol. The van der Waals surface area contributed by atoms with Gasteiger partial charge in [-0.2, -0.15) is 0 Å². The topological polar surface area (TPSA) is 125 Å². The Morgan fingerprint density at radius 2 is 1.61 bits per heavy atom. The molecule has 130 valence electrons. The lowest BCUT2D eigenvalue weighted by molar-refractivity contribution is -0.159. The number of carboxylic acid groups (broad SMARTS) is 2. The number of nitrogens with one attached hydrogen (secondary N) is 1. The monoisotopic (exact) mass is 349 g/mol. The second-order valence-electron chi connectivity index (χ2n) is 4.00.